The van der Waals surface area contributed by atoms with E-state index in [0.29, 0.717) is 5.56 Å². The Bertz CT molecular complexity index is 1050. The Hall–Kier alpha value is -2.85. The number of benzene rings is 2. The molecule has 10 heteroatoms. The first kappa shape index (κ1) is 20.9. The summed E-state index contributed by atoms with van der Waals surface area (Å²) in [4.78, 5) is 12.0. The second kappa shape index (κ2) is 7.53. The van der Waals surface area contributed by atoms with Crippen LogP contribution in [-0.2, 0) is 25.1 Å². The SMILES string of the molecule is CCOC(=O)[C@]1(/C=C/c2ccccc2)NS(=O)(=O)c2c(OC(F)(F)F)cccc21. The molecule has 0 saturated carbocycles. The summed E-state index contributed by atoms with van der Waals surface area (Å²) >= 11 is 0. The first-order valence-electron chi connectivity index (χ1n) is 8.44. The van der Waals surface area contributed by atoms with Gasteiger partial charge < -0.3 is 9.47 Å². The Morgan fingerprint density at radius 2 is 1.83 bits per heavy atom. The lowest BCUT2D eigenvalue weighted by Gasteiger charge is -2.23. The van der Waals surface area contributed by atoms with E-state index in [4.69, 9.17) is 4.74 Å². The predicted octanol–water partition coefficient (Wildman–Crippen LogP) is 3.35. The third-order valence-corrected chi connectivity index (χ3v) is 5.67. The highest BCUT2D eigenvalue weighted by molar-refractivity contribution is 7.90. The van der Waals surface area contributed by atoms with Crippen molar-refractivity contribution in [2.24, 2.45) is 0 Å². The van der Waals surface area contributed by atoms with E-state index in [1.807, 2.05) is 0 Å². The van der Waals surface area contributed by atoms with Gasteiger partial charge in [0.05, 0.1) is 6.61 Å². The fourth-order valence-corrected chi connectivity index (χ4v) is 4.68. The van der Waals surface area contributed by atoms with Gasteiger partial charge in [-0.25, -0.2) is 13.2 Å². The van der Waals surface area contributed by atoms with Crippen LogP contribution in [0.3, 0.4) is 0 Å². The van der Waals surface area contributed by atoms with Crippen molar-refractivity contribution >= 4 is 22.1 Å². The molecule has 154 valence electrons. The highest BCUT2D eigenvalue weighted by Crippen LogP contribution is 2.44. The molecule has 2 aromatic carbocycles. The molecular weight excluding hydrogens is 411 g/mol. The van der Waals surface area contributed by atoms with E-state index in [9.17, 15) is 26.4 Å². The molecule has 1 N–H and O–H groups in total. The molecule has 0 unspecified atom stereocenters. The molecule has 0 spiro atoms. The first-order valence-corrected chi connectivity index (χ1v) is 9.92. The zero-order chi connectivity index (χ0) is 21.3. The number of halogens is 3. The number of carbonyl (C=O) groups is 1. The summed E-state index contributed by atoms with van der Waals surface area (Å²) in [7, 11) is -4.51. The van der Waals surface area contributed by atoms with E-state index >= 15 is 0 Å². The van der Waals surface area contributed by atoms with Crippen LogP contribution in [0.15, 0.2) is 59.5 Å². The molecule has 2 aromatic rings. The minimum atomic E-state index is -5.11. The molecule has 0 aromatic heterocycles. The fourth-order valence-electron chi connectivity index (χ4n) is 3.00. The first-order chi connectivity index (χ1) is 13.6. The van der Waals surface area contributed by atoms with E-state index in [-0.39, 0.29) is 12.2 Å². The van der Waals surface area contributed by atoms with Crippen molar-refractivity contribution in [3.8, 4) is 5.75 Å². The number of alkyl halides is 3. The highest BCUT2D eigenvalue weighted by Gasteiger charge is 2.53. The maximum Gasteiger partial charge on any atom is 0.573 e. The molecule has 0 fully saturated rings. The minimum Gasteiger partial charge on any atom is -0.464 e. The summed E-state index contributed by atoms with van der Waals surface area (Å²) in [5, 5.41) is 0. The van der Waals surface area contributed by atoms with Crippen molar-refractivity contribution in [3.63, 3.8) is 0 Å². The Kier molecular flexibility index (Phi) is 5.42. The van der Waals surface area contributed by atoms with E-state index in [1.165, 1.54) is 31.2 Å². The van der Waals surface area contributed by atoms with E-state index in [0.717, 1.165) is 6.07 Å². The Morgan fingerprint density at radius 1 is 1.14 bits per heavy atom. The van der Waals surface area contributed by atoms with Gasteiger partial charge in [0.1, 0.15) is 10.6 Å². The summed E-state index contributed by atoms with van der Waals surface area (Å²) in [6, 6.07) is 11.9. The number of hydrogen-bond donors (Lipinski definition) is 1. The van der Waals surface area contributed by atoms with Crippen molar-refractivity contribution in [2.45, 2.75) is 23.7 Å². The number of rotatable bonds is 5. The molecular formula is C19H16F3NO5S. The molecule has 6 nitrogen and oxygen atoms in total. The van der Waals surface area contributed by atoms with Crippen LogP contribution in [0, 0.1) is 0 Å². The van der Waals surface area contributed by atoms with Crippen LogP contribution in [0.2, 0.25) is 0 Å². The Balaban J connectivity index is 2.21. The van der Waals surface area contributed by atoms with E-state index in [1.54, 1.807) is 30.3 Å². The Labute approximate surface area is 165 Å². The van der Waals surface area contributed by atoms with E-state index < -0.39 is 38.5 Å². The zero-order valence-corrected chi connectivity index (χ0v) is 15.9. The number of esters is 1. The largest absolute Gasteiger partial charge is 0.573 e. The maximum absolute atomic E-state index is 12.8. The molecule has 1 aliphatic rings. The van der Waals surface area contributed by atoms with E-state index in [2.05, 4.69) is 9.46 Å². The van der Waals surface area contributed by atoms with Crippen LogP contribution in [0.25, 0.3) is 6.08 Å². The molecule has 0 radical (unpaired) electrons. The van der Waals surface area contributed by atoms with Crippen molar-refractivity contribution in [3.05, 3.63) is 65.7 Å². The zero-order valence-electron chi connectivity index (χ0n) is 15.1. The van der Waals surface area contributed by atoms with Crippen molar-refractivity contribution < 1.29 is 35.9 Å². The topological polar surface area (TPSA) is 81.7 Å². The fraction of sp³-hybridized carbons (Fsp3) is 0.211. The van der Waals surface area contributed by atoms with Gasteiger partial charge >= 0.3 is 12.3 Å². The molecule has 0 bridgehead atoms. The summed E-state index contributed by atoms with van der Waals surface area (Å²) in [5.41, 5.74) is -1.61. The lowest BCUT2D eigenvalue weighted by Crippen LogP contribution is -2.46. The highest BCUT2D eigenvalue weighted by atomic mass is 32.2. The van der Waals surface area contributed by atoms with Crippen molar-refractivity contribution in [2.75, 3.05) is 6.61 Å². The summed E-state index contributed by atoms with van der Waals surface area (Å²) in [6.07, 6.45) is -2.38. The average molecular weight is 427 g/mol. The number of ether oxygens (including phenoxy) is 2. The number of sulfonamides is 1. The van der Waals surface area contributed by atoms with Gasteiger partial charge in [-0.2, -0.15) is 4.72 Å². The molecule has 29 heavy (non-hydrogen) atoms. The summed E-state index contributed by atoms with van der Waals surface area (Å²) in [5.74, 6) is -1.90. The average Bonchev–Trinajstić information content (AvgIpc) is 2.89. The maximum atomic E-state index is 12.8. The third kappa shape index (κ3) is 4.13. The number of hydrogen-bond acceptors (Lipinski definition) is 5. The standard InChI is InChI=1S/C19H16F3NO5S/c1-2-27-17(24)18(12-11-13-7-4-3-5-8-13)14-9-6-10-15(28-19(20,21)22)16(14)29(25,26)23-18/h3-12,23H,2H2,1H3/b12-11+/t18-/m1/s1. The second-order valence-corrected chi connectivity index (χ2v) is 7.68. The van der Waals surface area contributed by atoms with Crippen molar-refractivity contribution in [1.82, 2.24) is 4.72 Å². The third-order valence-electron chi connectivity index (χ3n) is 4.12. The normalized spacial score (nSPS) is 20.4. The number of fused-ring (bicyclic) bond motifs is 1. The van der Waals surface area contributed by atoms with Gasteiger partial charge in [-0.05, 0) is 24.6 Å². The van der Waals surface area contributed by atoms with Gasteiger partial charge in [0.2, 0.25) is 10.0 Å². The summed E-state index contributed by atoms with van der Waals surface area (Å²) in [6.45, 7) is 1.47. The molecule has 1 atom stereocenters. The second-order valence-electron chi connectivity index (χ2n) is 6.06. The van der Waals surface area contributed by atoms with Crippen LogP contribution in [0.1, 0.15) is 18.1 Å². The van der Waals surface area contributed by atoms with Crippen LogP contribution < -0.4 is 9.46 Å². The van der Waals surface area contributed by atoms with Crippen LogP contribution in [0.5, 0.6) is 5.75 Å². The lowest BCUT2D eigenvalue weighted by molar-refractivity contribution is -0.275. The van der Waals surface area contributed by atoms with Gasteiger partial charge in [0, 0.05) is 5.56 Å². The van der Waals surface area contributed by atoms with Gasteiger partial charge in [-0.15, -0.1) is 13.2 Å². The number of nitrogens with one attached hydrogen (secondary N) is 1. The molecule has 3 rings (SSSR count). The van der Waals surface area contributed by atoms with Crippen LogP contribution in [-0.4, -0.2) is 27.4 Å². The van der Waals surface area contributed by atoms with Gasteiger partial charge in [0.25, 0.3) is 0 Å². The lowest BCUT2D eigenvalue weighted by atomic mass is 9.89. The van der Waals surface area contributed by atoms with Gasteiger partial charge in [0.15, 0.2) is 5.54 Å². The predicted molar refractivity (Wildman–Crippen MR) is 97.2 cm³/mol. The minimum absolute atomic E-state index is 0.0600. The molecule has 0 saturated heterocycles. The molecule has 1 aliphatic heterocycles. The smallest absolute Gasteiger partial charge is 0.464 e. The van der Waals surface area contributed by atoms with Gasteiger partial charge in [-0.3, -0.25) is 0 Å². The van der Waals surface area contributed by atoms with Crippen LogP contribution >= 0.6 is 0 Å². The van der Waals surface area contributed by atoms with Crippen LogP contribution in [0.4, 0.5) is 13.2 Å². The van der Waals surface area contributed by atoms with Crippen molar-refractivity contribution in [1.29, 1.82) is 0 Å². The quantitative estimate of drug-likeness (QED) is 0.741. The number of carbonyl (C=O) groups excluding carboxylic acids is 1. The molecule has 1 heterocycles. The monoisotopic (exact) mass is 427 g/mol. The molecule has 0 aliphatic carbocycles. The molecule has 0 amide bonds. The summed E-state index contributed by atoms with van der Waals surface area (Å²) < 4.78 is 74.7. The van der Waals surface area contributed by atoms with Gasteiger partial charge in [-0.1, -0.05) is 48.5 Å². The Morgan fingerprint density at radius 3 is 2.45 bits per heavy atom.